The van der Waals surface area contributed by atoms with E-state index in [1.54, 1.807) is 17.0 Å². The van der Waals surface area contributed by atoms with Crippen LogP contribution in [0, 0.1) is 0 Å². The van der Waals surface area contributed by atoms with Gasteiger partial charge in [-0.05, 0) is 49.1 Å². The van der Waals surface area contributed by atoms with Gasteiger partial charge in [0.1, 0.15) is 6.54 Å². The monoisotopic (exact) mass is 457 g/mol. The van der Waals surface area contributed by atoms with Gasteiger partial charge in [-0.15, -0.1) is 11.8 Å². The smallest absolute Gasteiger partial charge is 0.250 e. The molecule has 31 heavy (non-hydrogen) atoms. The van der Waals surface area contributed by atoms with Gasteiger partial charge in [-0.25, -0.2) is 0 Å². The van der Waals surface area contributed by atoms with E-state index in [4.69, 9.17) is 11.6 Å². The SMILES string of the molecule is O=C(CN1C(=O)[C@H](C(=O)N2CCCCC2)Sc2ccccc21)NCc1ccc(Cl)cc1. The predicted molar refractivity (Wildman–Crippen MR) is 122 cm³/mol. The molecule has 4 rings (SSSR count). The van der Waals surface area contributed by atoms with Crippen LogP contribution in [-0.4, -0.2) is 47.5 Å². The predicted octanol–water partition coefficient (Wildman–Crippen LogP) is 3.48. The number of thioether (sulfide) groups is 1. The molecule has 0 bridgehead atoms. The molecule has 0 unspecified atom stereocenters. The van der Waals surface area contributed by atoms with Crippen molar-refractivity contribution >= 4 is 46.8 Å². The zero-order valence-corrected chi connectivity index (χ0v) is 18.6. The van der Waals surface area contributed by atoms with Gasteiger partial charge in [0.05, 0.1) is 5.69 Å². The van der Waals surface area contributed by atoms with Crippen LogP contribution in [0.25, 0.3) is 0 Å². The van der Waals surface area contributed by atoms with E-state index in [0.29, 0.717) is 30.3 Å². The number of likely N-dealkylation sites (tertiary alicyclic amines) is 1. The van der Waals surface area contributed by atoms with E-state index in [1.165, 1.54) is 16.7 Å². The molecule has 0 aliphatic carbocycles. The highest BCUT2D eigenvalue weighted by Crippen LogP contribution is 2.39. The Morgan fingerprint density at radius 1 is 1.03 bits per heavy atom. The van der Waals surface area contributed by atoms with Crippen LogP contribution >= 0.6 is 23.4 Å². The number of para-hydroxylation sites is 1. The van der Waals surface area contributed by atoms with Crippen LogP contribution in [0.2, 0.25) is 5.02 Å². The highest BCUT2D eigenvalue weighted by atomic mass is 35.5. The van der Waals surface area contributed by atoms with Crippen LogP contribution in [-0.2, 0) is 20.9 Å². The van der Waals surface area contributed by atoms with E-state index in [2.05, 4.69) is 5.32 Å². The average molecular weight is 458 g/mol. The lowest BCUT2D eigenvalue weighted by molar-refractivity contribution is -0.135. The number of benzene rings is 2. The van der Waals surface area contributed by atoms with Crippen molar-refractivity contribution in [2.24, 2.45) is 0 Å². The lowest BCUT2D eigenvalue weighted by atomic mass is 10.1. The molecule has 8 heteroatoms. The Kier molecular flexibility index (Phi) is 6.83. The van der Waals surface area contributed by atoms with Crippen molar-refractivity contribution in [1.82, 2.24) is 10.2 Å². The van der Waals surface area contributed by atoms with Crippen molar-refractivity contribution in [3.05, 3.63) is 59.1 Å². The van der Waals surface area contributed by atoms with Crippen LogP contribution in [0.3, 0.4) is 0 Å². The van der Waals surface area contributed by atoms with Crippen LogP contribution in [0.4, 0.5) is 5.69 Å². The van der Waals surface area contributed by atoms with Gasteiger partial charge in [0.15, 0.2) is 5.25 Å². The number of halogens is 1. The Labute approximate surface area is 190 Å². The lowest BCUT2D eigenvalue weighted by Gasteiger charge is -2.36. The molecule has 1 atom stereocenters. The Hall–Kier alpha value is -2.51. The molecule has 162 valence electrons. The topological polar surface area (TPSA) is 69.7 Å². The number of nitrogens with zero attached hydrogens (tertiary/aromatic N) is 2. The Balaban J connectivity index is 1.48. The van der Waals surface area contributed by atoms with Gasteiger partial charge >= 0.3 is 0 Å². The standard InChI is InChI=1S/C23H24ClN3O3S/c24-17-10-8-16(9-11-17)14-25-20(28)15-27-18-6-2-3-7-19(18)31-21(23(27)30)22(29)26-12-4-1-5-13-26/h2-3,6-11,21H,1,4-5,12-15H2,(H,25,28)/t21-/m0/s1. The molecule has 0 radical (unpaired) electrons. The molecule has 1 saturated heterocycles. The molecule has 0 saturated carbocycles. The number of anilines is 1. The summed E-state index contributed by atoms with van der Waals surface area (Å²) in [4.78, 5) is 43.1. The van der Waals surface area contributed by atoms with E-state index in [1.807, 2.05) is 36.4 Å². The fraction of sp³-hybridized carbons (Fsp3) is 0.348. The first kappa shape index (κ1) is 21.7. The molecule has 2 aliphatic rings. The largest absolute Gasteiger partial charge is 0.350 e. The van der Waals surface area contributed by atoms with Crippen LogP contribution in [0.1, 0.15) is 24.8 Å². The Morgan fingerprint density at radius 2 is 1.74 bits per heavy atom. The van der Waals surface area contributed by atoms with E-state index in [-0.39, 0.29) is 24.3 Å². The second-order valence-corrected chi connectivity index (χ2v) is 9.26. The van der Waals surface area contributed by atoms with E-state index >= 15 is 0 Å². The molecule has 0 spiro atoms. The highest BCUT2D eigenvalue weighted by Gasteiger charge is 2.40. The van der Waals surface area contributed by atoms with Crippen molar-refractivity contribution < 1.29 is 14.4 Å². The van der Waals surface area contributed by atoms with E-state index in [0.717, 1.165) is 29.7 Å². The van der Waals surface area contributed by atoms with E-state index in [9.17, 15) is 14.4 Å². The summed E-state index contributed by atoms with van der Waals surface area (Å²) in [7, 11) is 0. The van der Waals surface area contributed by atoms with Gasteiger partial charge in [0.2, 0.25) is 11.8 Å². The van der Waals surface area contributed by atoms with Crippen LogP contribution in [0.15, 0.2) is 53.4 Å². The maximum Gasteiger partial charge on any atom is 0.250 e. The minimum absolute atomic E-state index is 0.131. The summed E-state index contributed by atoms with van der Waals surface area (Å²) < 4.78 is 0. The summed E-state index contributed by atoms with van der Waals surface area (Å²) in [5.74, 6) is -0.772. The number of carbonyl (C=O) groups is 3. The maximum absolute atomic E-state index is 13.3. The second kappa shape index (κ2) is 9.75. The van der Waals surface area contributed by atoms with E-state index < -0.39 is 5.25 Å². The Bertz CT molecular complexity index is 976. The molecule has 2 aromatic rings. The van der Waals surface area contributed by atoms with Crippen molar-refractivity contribution in [3.63, 3.8) is 0 Å². The first-order valence-corrected chi connectivity index (χ1v) is 11.7. The fourth-order valence-electron chi connectivity index (χ4n) is 3.82. The van der Waals surface area contributed by atoms with Crippen molar-refractivity contribution in [1.29, 1.82) is 0 Å². The third kappa shape index (κ3) is 5.05. The van der Waals surface area contributed by atoms with Gasteiger partial charge in [0, 0.05) is 29.6 Å². The molecule has 6 nitrogen and oxygen atoms in total. The molecule has 2 aromatic carbocycles. The first-order chi connectivity index (χ1) is 15.0. The maximum atomic E-state index is 13.3. The number of fused-ring (bicyclic) bond motifs is 1. The normalized spacial score (nSPS) is 18.5. The second-order valence-electron chi connectivity index (χ2n) is 7.68. The summed E-state index contributed by atoms with van der Waals surface area (Å²) in [5.41, 5.74) is 1.58. The number of carbonyl (C=O) groups excluding carboxylic acids is 3. The molecule has 1 fully saturated rings. The van der Waals surface area contributed by atoms with Crippen molar-refractivity contribution in [2.45, 2.75) is 36.0 Å². The minimum Gasteiger partial charge on any atom is -0.350 e. The van der Waals surface area contributed by atoms with Crippen LogP contribution < -0.4 is 10.2 Å². The van der Waals surface area contributed by atoms with Crippen molar-refractivity contribution in [2.75, 3.05) is 24.5 Å². The van der Waals surface area contributed by atoms with Gasteiger partial charge < -0.3 is 15.1 Å². The summed E-state index contributed by atoms with van der Waals surface area (Å²) >= 11 is 7.18. The number of hydrogen-bond acceptors (Lipinski definition) is 4. The first-order valence-electron chi connectivity index (χ1n) is 10.4. The zero-order chi connectivity index (χ0) is 21.8. The molecule has 1 N–H and O–H groups in total. The highest BCUT2D eigenvalue weighted by molar-refractivity contribution is 8.01. The molecule has 0 aromatic heterocycles. The number of hydrogen-bond donors (Lipinski definition) is 1. The fourth-order valence-corrected chi connectivity index (χ4v) is 5.13. The molecule has 3 amide bonds. The molecule has 2 aliphatic heterocycles. The van der Waals surface area contributed by atoms with Gasteiger partial charge in [-0.1, -0.05) is 35.9 Å². The van der Waals surface area contributed by atoms with Crippen molar-refractivity contribution in [3.8, 4) is 0 Å². The third-order valence-electron chi connectivity index (χ3n) is 5.49. The van der Waals surface area contributed by atoms with Gasteiger partial charge in [-0.3, -0.25) is 14.4 Å². The summed E-state index contributed by atoms with van der Waals surface area (Å²) in [6.07, 6.45) is 3.04. The molecule has 2 heterocycles. The number of amides is 3. The summed E-state index contributed by atoms with van der Waals surface area (Å²) in [6, 6.07) is 14.6. The third-order valence-corrected chi connectivity index (χ3v) is 6.98. The summed E-state index contributed by atoms with van der Waals surface area (Å²) in [6.45, 7) is 1.58. The van der Waals surface area contributed by atoms with Crippen LogP contribution in [0.5, 0.6) is 0 Å². The molecular weight excluding hydrogens is 434 g/mol. The quantitative estimate of drug-likeness (QED) is 0.698. The zero-order valence-electron chi connectivity index (χ0n) is 17.1. The minimum atomic E-state index is -0.850. The summed E-state index contributed by atoms with van der Waals surface area (Å²) in [5, 5.41) is 2.63. The molecular formula is C23H24ClN3O3S. The van der Waals surface area contributed by atoms with Gasteiger partial charge in [-0.2, -0.15) is 0 Å². The lowest BCUT2D eigenvalue weighted by Crippen LogP contribution is -2.52. The Morgan fingerprint density at radius 3 is 2.48 bits per heavy atom. The number of nitrogens with one attached hydrogen (secondary N) is 1. The van der Waals surface area contributed by atoms with Gasteiger partial charge in [0.25, 0.3) is 5.91 Å². The number of piperidine rings is 1. The number of rotatable bonds is 5. The average Bonchev–Trinajstić information content (AvgIpc) is 2.80.